The molecule has 2 aromatic carbocycles. The minimum absolute atomic E-state index is 0.00269. The molecule has 184 valence electrons. The minimum atomic E-state index is -0.896. The molecule has 3 unspecified atom stereocenters. The number of benzene rings is 2. The van der Waals surface area contributed by atoms with Crippen LogP contribution in [0.4, 0.5) is 4.79 Å². The van der Waals surface area contributed by atoms with Crippen LogP contribution in [0.5, 0.6) is 0 Å². The van der Waals surface area contributed by atoms with Gasteiger partial charge in [-0.1, -0.05) is 48.5 Å². The zero-order chi connectivity index (χ0) is 24.4. The van der Waals surface area contributed by atoms with Crippen molar-refractivity contribution in [3.05, 3.63) is 59.7 Å². The molecule has 5 rings (SSSR count). The Kier molecular flexibility index (Phi) is 6.72. The summed E-state index contributed by atoms with van der Waals surface area (Å²) in [5.74, 6) is -1.04. The number of nitrogens with one attached hydrogen (secondary N) is 1. The molecular weight excluding hydrogens is 448 g/mol. The van der Waals surface area contributed by atoms with Gasteiger partial charge in [0.1, 0.15) is 12.7 Å². The molecule has 0 saturated carbocycles. The number of carboxylic acids is 1. The molecule has 8 nitrogen and oxygen atoms in total. The first-order valence-electron chi connectivity index (χ1n) is 12.3. The second-order valence-electron chi connectivity index (χ2n) is 9.46. The van der Waals surface area contributed by atoms with Crippen molar-refractivity contribution in [1.29, 1.82) is 0 Å². The SMILES string of the molecule is O=C(O)CC1CCCN1C(=O)C1CCC(CNC(=O)OCC2c3ccccc3-c3ccccc32)O1. The van der Waals surface area contributed by atoms with Gasteiger partial charge in [-0.3, -0.25) is 9.59 Å². The summed E-state index contributed by atoms with van der Waals surface area (Å²) >= 11 is 0. The first kappa shape index (κ1) is 23.4. The van der Waals surface area contributed by atoms with Crippen LogP contribution in [0.15, 0.2) is 48.5 Å². The fourth-order valence-corrected chi connectivity index (χ4v) is 5.61. The molecular formula is C27H30N2O6. The van der Waals surface area contributed by atoms with Crippen LogP contribution >= 0.6 is 0 Å². The highest BCUT2D eigenvalue weighted by Crippen LogP contribution is 2.44. The van der Waals surface area contributed by atoms with Crippen molar-refractivity contribution < 1.29 is 29.0 Å². The minimum Gasteiger partial charge on any atom is -0.481 e. The molecule has 0 bridgehead atoms. The Labute approximate surface area is 204 Å². The number of carbonyl (C=O) groups excluding carboxylic acids is 2. The summed E-state index contributed by atoms with van der Waals surface area (Å²) < 4.78 is 11.5. The summed E-state index contributed by atoms with van der Waals surface area (Å²) in [5, 5.41) is 11.9. The zero-order valence-electron chi connectivity index (χ0n) is 19.5. The molecule has 1 aliphatic carbocycles. The molecule has 2 aromatic rings. The summed E-state index contributed by atoms with van der Waals surface area (Å²) in [4.78, 5) is 38.0. The van der Waals surface area contributed by atoms with Crippen molar-refractivity contribution >= 4 is 18.0 Å². The molecule has 0 aromatic heterocycles. The van der Waals surface area contributed by atoms with Gasteiger partial charge in [0.05, 0.1) is 12.5 Å². The van der Waals surface area contributed by atoms with Crippen LogP contribution in [-0.2, 0) is 19.1 Å². The van der Waals surface area contributed by atoms with Gasteiger partial charge in [0.2, 0.25) is 0 Å². The number of hydrogen-bond acceptors (Lipinski definition) is 5. The highest BCUT2D eigenvalue weighted by atomic mass is 16.5. The third kappa shape index (κ3) is 4.89. The van der Waals surface area contributed by atoms with Gasteiger partial charge in [-0.15, -0.1) is 0 Å². The largest absolute Gasteiger partial charge is 0.481 e. The van der Waals surface area contributed by atoms with Crippen molar-refractivity contribution in [3.63, 3.8) is 0 Å². The normalized spacial score (nSPS) is 23.1. The molecule has 2 N–H and O–H groups in total. The zero-order valence-corrected chi connectivity index (χ0v) is 19.5. The fraction of sp³-hybridized carbons (Fsp3) is 0.444. The van der Waals surface area contributed by atoms with Crippen molar-refractivity contribution in [3.8, 4) is 11.1 Å². The Morgan fingerprint density at radius 1 is 1.00 bits per heavy atom. The number of amides is 2. The summed E-state index contributed by atoms with van der Waals surface area (Å²) in [5.41, 5.74) is 4.67. The van der Waals surface area contributed by atoms with E-state index in [1.54, 1.807) is 4.90 Å². The van der Waals surface area contributed by atoms with Gasteiger partial charge in [-0.25, -0.2) is 4.79 Å². The van der Waals surface area contributed by atoms with E-state index < -0.39 is 18.2 Å². The lowest BCUT2D eigenvalue weighted by Crippen LogP contribution is -2.43. The molecule has 2 aliphatic heterocycles. The van der Waals surface area contributed by atoms with Gasteiger partial charge in [-0.05, 0) is 47.9 Å². The van der Waals surface area contributed by atoms with Crippen LogP contribution in [0.25, 0.3) is 11.1 Å². The van der Waals surface area contributed by atoms with E-state index >= 15 is 0 Å². The number of alkyl carbamates (subject to hydrolysis) is 1. The maximum atomic E-state index is 12.9. The van der Waals surface area contributed by atoms with Gasteiger partial charge >= 0.3 is 12.1 Å². The first-order chi connectivity index (χ1) is 17.0. The van der Waals surface area contributed by atoms with E-state index in [2.05, 4.69) is 29.6 Å². The summed E-state index contributed by atoms with van der Waals surface area (Å²) in [6.45, 7) is 1.07. The highest BCUT2D eigenvalue weighted by Gasteiger charge is 2.38. The Morgan fingerprint density at radius 2 is 1.69 bits per heavy atom. The molecule has 0 radical (unpaired) electrons. The second-order valence-corrected chi connectivity index (χ2v) is 9.46. The molecule has 2 heterocycles. The van der Waals surface area contributed by atoms with Gasteiger partial charge in [0, 0.05) is 25.0 Å². The van der Waals surface area contributed by atoms with Crippen LogP contribution in [0.2, 0.25) is 0 Å². The Morgan fingerprint density at radius 3 is 2.37 bits per heavy atom. The van der Waals surface area contributed by atoms with Gasteiger partial charge in [0.15, 0.2) is 0 Å². The first-order valence-corrected chi connectivity index (χ1v) is 12.3. The summed E-state index contributed by atoms with van der Waals surface area (Å²) in [6.07, 6.45) is 1.32. The van der Waals surface area contributed by atoms with E-state index in [1.807, 2.05) is 24.3 Å². The number of fused-ring (bicyclic) bond motifs is 3. The number of carboxylic acid groups (broad SMARTS) is 1. The Hall–Kier alpha value is -3.39. The van der Waals surface area contributed by atoms with Crippen LogP contribution in [0, 0.1) is 0 Å². The predicted octanol–water partition coefficient (Wildman–Crippen LogP) is 3.54. The van der Waals surface area contributed by atoms with E-state index in [1.165, 1.54) is 11.1 Å². The van der Waals surface area contributed by atoms with Gasteiger partial charge in [0.25, 0.3) is 5.91 Å². The predicted molar refractivity (Wildman–Crippen MR) is 128 cm³/mol. The molecule has 0 spiro atoms. The number of aliphatic carboxylic acids is 1. The number of ether oxygens (including phenoxy) is 2. The number of hydrogen-bond donors (Lipinski definition) is 2. The molecule has 8 heteroatoms. The average molecular weight is 479 g/mol. The number of likely N-dealkylation sites (tertiary alicyclic amines) is 1. The van der Waals surface area contributed by atoms with E-state index in [0.717, 1.165) is 17.5 Å². The Balaban J connectivity index is 1.10. The van der Waals surface area contributed by atoms with E-state index in [-0.39, 0.29) is 43.5 Å². The van der Waals surface area contributed by atoms with Crippen LogP contribution in [0.1, 0.15) is 49.1 Å². The van der Waals surface area contributed by atoms with Crippen LogP contribution < -0.4 is 5.32 Å². The lowest BCUT2D eigenvalue weighted by atomic mass is 9.98. The van der Waals surface area contributed by atoms with Crippen molar-refractivity contribution in [2.45, 2.75) is 56.3 Å². The van der Waals surface area contributed by atoms with E-state index in [4.69, 9.17) is 14.6 Å². The number of nitrogens with zero attached hydrogens (tertiary/aromatic N) is 1. The van der Waals surface area contributed by atoms with Gasteiger partial charge in [-0.2, -0.15) is 0 Å². The molecule has 2 saturated heterocycles. The lowest BCUT2D eigenvalue weighted by molar-refractivity contribution is -0.145. The van der Waals surface area contributed by atoms with E-state index in [0.29, 0.717) is 25.8 Å². The summed E-state index contributed by atoms with van der Waals surface area (Å²) in [7, 11) is 0. The van der Waals surface area contributed by atoms with E-state index in [9.17, 15) is 14.4 Å². The van der Waals surface area contributed by atoms with Crippen LogP contribution in [-0.4, -0.2) is 65.9 Å². The molecule has 35 heavy (non-hydrogen) atoms. The molecule has 2 fully saturated rings. The number of carbonyl (C=O) groups is 3. The smallest absolute Gasteiger partial charge is 0.407 e. The maximum absolute atomic E-state index is 12.9. The maximum Gasteiger partial charge on any atom is 0.407 e. The molecule has 3 atom stereocenters. The second kappa shape index (κ2) is 10.1. The summed E-state index contributed by atoms with van der Waals surface area (Å²) in [6, 6.07) is 16.1. The van der Waals surface area contributed by atoms with Gasteiger partial charge < -0.3 is 24.8 Å². The monoisotopic (exact) mass is 478 g/mol. The fourth-order valence-electron chi connectivity index (χ4n) is 5.61. The Bertz CT molecular complexity index is 1070. The van der Waals surface area contributed by atoms with Crippen molar-refractivity contribution in [2.75, 3.05) is 19.7 Å². The van der Waals surface area contributed by atoms with Crippen LogP contribution in [0.3, 0.4) is 0 Å². The third-order valence-electron chi connectivity index (χ3n) is 7.27. The average Bonchev–Trinajstić information content (AvgIpc) is 3.59. The standard InChI is InChI=1S/C27H30N2O6/c30-25(31)14-17-6-5-13-29(17)26(32)24-12-11-18(35-24)15-28-27(33)34-16-23-21-9-3-1-7-19(21)20-8-2-4-10-22(20)23/h1-4,7-10,17-18,23-24H,5-6,11-16H2,(H,28,33)(H,30,31). The quantitative estimate of drug-likeness (QED) is 0.631. The number of rotatable bonds is 7. The third-order valence-corrected chi connectivity index (χ3v) is 7.27. The highest BCUT2D eigenvalue weighted by molar-refractivity contribution is 5.82. The van der Waals surface area contributed by atoms with Crippen molar-refractivity contribution in [1.82, 2.24) is 10.2 Å². The topological polar surface area (TPSA) is 105 Å². The lowest BCUT2D eigenvalue weighted by Gasteiger charge is -2.26. The van der Waals surface area contributed by atoms with Crippen molar-refractivity contribution in [2.24, 2.45) is 0 Å². The molecule has 2 amide bonds. The molecule has 3 aliphatic rings.